The van der Waals surface area contributed by atoms with E-state index in [1.54, 1.807) is 13.8 Å². The van der Waals surface area contributed by atoms with Crippen LogP contribution in [0.15, 0.2) is 12.3 Å². The molecule has 0 fully saturated rings. The lowest BCUT2D eigenvalue weighted by Crippen LogP contribution is -2.35. The van der Waals surface area contributed by atoms with Gasteiger partial charge in [0.05, 0.1) is 37.7 Å². The zero-order valence-electron chi connectivity index (χ0n) is 10.4. The van der Waals surface area contributed by atoms with E-state index in [9.17, 15) is 14.4 Å². The number of carbonyl (C=O) groups is 3. The first kappa shape index (κ1) is 14.2. The molecule has 1 aliphatic heterocycles. The van der Waals surface area contributed by atoms with Crippen LogP contribution < -0.4 is 0 Å². The molecule has 0 aromatic heterocycles. The van der Waals surface area contributed by atoms with Crippen molar-refractivity contribution in [2.75, 3.05) is 13.2 Å². The fourth-order valence-electron chi connectivity index (χ4n) is 1.65. The van der Waals surface area contributed by atoms with E-state index in [1.807, 2.05) is 0 Å². The van der Waals surface area contributed by atoms with Gasteiger partial charge >= 0.3 is 17.9 Å². The van der Waals surface area contributed by atoms with Gasteiger partial charge in [-0.2, -0.15) is 0 Å². The van der Waals surface area contributed by atoms with Crippen molar-refractivity contribution in [2.45, 2.75) is 20.3 Å². The molecule has 6 nitrogen and oxygen atoms in total. The highest BCUT2D eigenvalue weighted by molar-refractivity contribution is 5.88. The molecule has 0 bridgehead atoms. The van der Waals surface area contributed by atoms with Crippen LogP contribution in [0.2, 0.25) is 0 Å². The van der Waals surface area contributed by atoms with Gasteiger partial charge in [-0.1, -0.05) is 0 Å². The Kier molecular flexibility index (Phi) is 5.35. The molecule has 0 saturated carbocycles. The third-order valence-corrected chi connectivity index (χ3v) is 2.46. The standard InChI is InChI=1S/C12H16O6/c1-3-16-10(13)7-9-8(11(14)17-4-2)5-6-18-12(9)15/h5-6,8-9H,3-4,7H2,1-2H3/t8-,9-/m0/s1. The molecule has 1 rings (SSSR count). The largest absolute Gasteiger partial charge is 0.466 e. The van der Waals surface area contributed by atoms with Crippen molar-refractivity contribution in [1.29, 1.82) is 0 Å². The molecule has 0 amide bonds. The third-order valence-electron chi connectivity index (χ3n) is 2.46. The van der Waals surface area contributed by atoms with E-state index in [1.165, 1.54) is 6.08 Å². The summed E-state index contributed by atoms with van der Waals surface area (Å²) in [6.07, 6.45) is 2.37. The normalized spacial score (nSPS) is 22.2. The molecule has 1 heterocycles. The summed E-state index contributed by atoms with van der Waals surface area (Å²) in [6.45, 7) is 3.77. The average molecular weight is 256 g/mol. The van der Waals surface area contributed by atoms with E-state index in [0.717, 1.165) is 6.26 Å². The molecule has 0 unspecified atom stereocenters. The molecule has 0 N–H and O–H groups in total. The van der Waals surface area contributed by atoms with Gasteiger partial charge in [0.25, 0.3) is 0 Å². The maximum atomic E-state index is 11.7. The summed E-state index contributed by atoms with van der Waals surface area (Å²) >= 11 is 0. The second-order valence-corrected chi connectivity index (χ2v) is 3.66. The minimum absolute atomic E-state index is 0.194. The Bertz CT molecular complexity index is 360. The number of ether oxygens (including phenoxy) is 3. The van der Waals surface area contributed by atoms with Gasteiger partial charge < -0.3 is 14.2 Å². The van der Waals surface area contributed by atoms with Crippen LogP contribution >= 0.6 is 0 Å². The van der Waals surface area contributed by atoms with Gasteiger partial charge in [0.2, 0.25) is 0 Å². The summed E-state index contributed by atoms with van der Waals surface area (Å²) < 4.78 is 14.3. The summed E-state index contributed by atoms with van der Waals surface area (Å²) in [5, 5.41) is 0. The maximum absolute atomic E-state index is 11.7. The predicted molar refractivity (Wildman–Crippen MR) is 60.1 cm³/mol. The molecule has 0 saturated heterocycles. The lowest BCUT2D eigenvalue weighted by molar-refractivity contribution is -0.161. The number of carbonyl (C=O) groups excluding carboxylic acids is 3. The molecule has 0 aromatic carbocycles. The quantitative estimate of drug-likeness (QED) is 0.535. The van der Waals surface area contributed by atoms with Crippen molar-refractivity contribution in [3.05, 3.63) is 12.3 Å². The smallest absolute Gasteiger partial charge is 0.315 e. The minimum atomic E-state index is -0.881. The van der Waals surface area contributed by atoms with E-state index in [4.69, 9.17) is 14.2 Å². The fraction of sp³-hybridized carbons (Fsp3) is 0.583. The van der Waals surface area contributed by atoms with Crippen LogP contribution in [0.5, 0.6) is 0 Å². The van der Waals surface area contributed by atoms with Gasteiger partial charge in [-0.05, 0) is 19.9 Å². The van der Waals surface area contributed by atoms with E-state index < -0.39 is 29.7 Å². The number of cyclic esters (lactones) is 1. The Labute approximate surface area is 105 Å². The Morgan fingerprint density at radius 3 is 2.56 bits per heavy atom. The van der Waals surface area contributed by atoms with Crippen LogP contribution in [0.25, 0.3) is 0 Å². The molecule has 18 heavy (non-hydrogen) atoms. The molecular formula is C12H16O6. The monoisotopic (exact) mass is 256 g/mol. The summed E-state index contributed by atoms with van der Waals surface area (Å²) in [5.74, 6) is -3.38. The van der Waals surface area contributed by atoms with Crippen molar-refractivity contribution in [3.63, 3.8) is 0 Å². The number of esters is 3. The molecule has 2 atom stereocenters. The minimum Gasteiger partial charge on any atom is -0.466 e. The van der Waals surface area contributed by atoms with Crippen LogP contribution in [-0.2, 0) is 28.6 Å². The van der Waals surface area contributed by atoms with Crippen molar-refractivity contribution in [1.82, 2.24) is 0 Å². The zero-order chi connectivity index (χ0) is 13.5. The van der Waals surface area contributed by atoms with E-state index >= 15 is 0 Å². The van der Waals surface area contributed by atoms with Crippen LogP contribution in [0, 0.1) is 11.8 Å². The van der Waals surface area contributed by atoms with Crippen LogP contribution in [0.1, 0.15) is 20.3 Å². The molecule has 6 heteroatoms. The second-order valence-electron chi connectivity index (χ2n) is 3.66. The summed E-state index contributed by atoms with van der Waals surface area (Å²) in [4.78, 5) is 34.6. The second kappa shape index (κ2) is 6.78. The third kappa shape index (κ3) is 3.58. The Hall–Kier alpha value is -1.85. The Balaban J connectivity index is 2.75. The van der Waals surface area contributed by atoms with Crippen molar-refractivity contribution in [3.8, 4) is 0 Å². The van der Waals surface area contributed by atoms with Gasteiger partial charge in [0, 0.05) is 0 Å². The summed E-state index contributed by atoms with van der Waals surface area (Å²) in [7, 11) is 0. The maximum Gasteiger partial charge on any atom is 0.315 e. The van der Waals surface area contributed by atoms with E-state index in [2.05, 4.69) is 0 Å². The molecule has 0 aromatic rings. The first-order chi connectivity index (χ1) is 8.60. The molecule has 100 valence electrons. The van der Waals surface area contributed by atoms with Gasteiger partial charge in [0.15, 0.2) is 0 Å². The van der Waals surface area contributed by atoms with Crippen LogP contribution in [0.3, 0.4) is 0 Å². The molecule has 0 spiro atoms. The van der Waals surface area contributed by atoms with Crippen LogP contribution in [-0.4, -0.2) is 31.1 Å². The summed E-state index contributed by atoms with van der Waals surface area (Å²) in [6, 6.07) is 0. The lowest BCUT2D eigenvalue weighted by Gasteiger charge is -2.23. The highest BCUT2D eigenvalue weighted by Gasteiger charge is 2.38. The van der Waals surface area contributed by atoms with E-state index in [-0.39, 0.29) is 19.6 Å². The van der Waals surface area contributed by atoms with Gasteiger partial charge in [0.1, 0.15) is 0 Å². The SMILES string of the molecule is CCOC(=O)C[C@@H]1C(=O)OC=C[C@@H]1C(=O)OCC. The molecular weight excluding hydrogens is 240 g/mol. The topological polar surface area (TPSA) is 78.9 Å². The molecule has 0 aliphatic carbocycles. The lowest BCUT2D eigenvalue weighted by atomic mass is 9.88. The summed E-state index contributed by atoms with van der Waals surface area (Å²) in [5.41, 5.74) is 0. The first-order valence-electron chi connectivity index (χ1n) is 5.79. The van der Waals surface area contributed by atoms with Gasteiger partial charge in [-0.25, -0.2) is 0 Å². The highest BCUT2D eigenvalue weighted by atomic mass is 16.5. The van der Waals surface area contributed by atoms with Crippen molar-refractivity contribution in [2.24, 2.45) is 11.8 Å². The van der Waals surface area contributed by atoms with Crippen molar-refractivity contribution >= 4 is 17.9 Å². The number of hydrogen-bond acceptors (Lipinski definition) is 6. The van der Waals surface area contributed by atoms with E-state index in [0.29, 0.717) is 0 Å². The number of rotatable bonds is 5. The first-order valence-corrected chi connectivity index (χ1v) is 5.79. The predicted octanol–water partition coefficient (Wildman–Crippen LogP) is 0.806. The Morgan fingerprint density at radius 2 is 1.94 bits per heavy atom. The van der Waals surface area contributed by atoms with Gasteiger partial charge in [-0.3, -0.25) is 14.4 Å². The number of hydrogen-bond donors (Lipinski definition) is 0. The Morgan fingerprint density at radius 1 is 1.28 bits per heavy atom. The highest BCUT2D eigenvalue weighted by Crippen LogP contribution is 2.25. The average Bonchev–Trinajstić information content (AvgIpc) is 2.32. The fourth-order valence-corrected chi connectivity index (χ4v) is 1.65. The van der Waals surface area contributed by atoms with Crippen LogP contribution in [0.4, 0.5) is 0 Å². The van der Waals surface area contributed by atoms with Gasteiger partial charge in [-0.15, -0.1) is 0 Å². The van der Waals surface area contributed by atoms with Crippen molar-refractivity contribution < 1.29 is 28.6 Å². The zero-order valence-corrected chi connectivity index (χ0v) is 10.4. The molecule has 1 aliphatic rings. The molecule has 0 radical (unpaired) electrons.